The topological polar surface area (TPSA) is 66.8 Å². The summed E-state index contributed by atoms with van der Waals surface area (Å²) in [5, 5.41) is 8.73. The molecular formula is C14H14F3NO4. The van der Waals surface area contributed by atoms with Gasteiger partial charge in [0.05, 0.1) is 24.7 Å². The summed E-state index contributed by atoms with van der Waals surface area (Å²) in [5.74, 6) is -1.62. The van der Waals surface area contributed by atoms with Crippen molar-refractivity contribution in [1.82, 2.24) is 4.90 Å². The molecule has 0 saturated carbocycles. The molecule has 1 atom stereocenters. The number of rotatable bonds is 3. The lowest BCUT2D eigenvalue weighted by Crippen LogP contribution is -2.46. The lowest BCUT2D eigenvalue weighted by molar-refractivity contribution is -0.142. The quantitative estimate of drug-likeness (QED) is 0.926. The van der Waals surface area contributed by atoms with Crippen molar-refractivity contribution < 1.29 is 32.6 Å². The summed E-state index contributed by atoms with van der Waals surface area (Å²) in [7, 11) is 0. The molecule has 22 heavy (non-hydrogen) atoms. The molecule has 1 unspecified atom stereocenters. The molecule has 0 aromatic heterocycles. The zero-order valence-corrected chi connectivity index (χ0v) is 11.5. The summed E-state index contributed by atoms with van der Waals surface area (Å²) < 4.78 is 43.2. The van der Waals surface area contributed by atoms with Crippen molar-refractivity contribution in [2.75, 3.05) is 19.7 Å². The van der Waals surface area contributed by atoms with Crippen LogP contribution in [0.4, 0.5) is 13.2 Å². The number of amides is 1. The largest absolute Gasteiger partial charge is 0.481 e. The normalized spacial score (nSPS) is 19.0. The highest BCUT2D eigenvalue weighted by atomic mass is 19.4. The van der Waals surface area contributed by atoms with E-state index in [2.05, 4.69) is 0 Å². The third-order valence-corrected chi connectivity index (χ3v) is 3.27. The molecule has 1 fully saturated rings. The van der Waals surface area contributed by atoms with E-state index < -0.39 is 29.7 Å². The number of aliphatic carboxylic acids is 1. The van der Waals surface area contributed by atoms with Gasteiger partial charge in [0, 0.05) is 18.7 Å². The maximum atomic E-state index is 12.7. The second-order valence-electron chi connectivity index (χ2n) is 4.92. The Hall–Kier alpha value is -2.09. The number of morpholine rings is 1. The minimum atomic E-state index is -4.52. The molecule has 1 heterocycles. The Morgan fingerprint density at radius 2 is 2.09 bits per heavy atom. The van der Waals surface area contributed by atoms with Crippen molar-refractivity contribution in [3.05, 3.63) is 35.4 Å². The fourth-order valence-electron chi connectivity index (χ4n) is 2.23. The van der Waals surface area contributed by atoms with Gasteiger partial charge in [0.25, 0.3) is 5.91 Å². The van der Waals surface area contributed by atoms with Crippen LogP contribution in [0.25, 0.3) is 0 Å². The fourth-order valence-corrected chi connectivity index (χ4v) is 2.23. The summed E-state index contributed by atoms with van der Waals surface area (Å²) in [5.41, 5.74) is -0.973. The first-order chi connectivity index (χ1) is 10.3. The Morgan fingerprint density at radius 3 is 2.73 bits per heavy atom. The monoisotopic (exact) mass is 317 g/mol. The van der Waals surface area contributed by atoms with Crippen LogP contribution in [0.3, 0.4) is 0 Å². The van der Waals surface area contributed by atoms with E-state index in [-0.39, 0.29) is 31.7 Å². The van der Waals surface area contributed by atoms with Gasteiger partial charge < -0.3 is 14.7 Å². The zero-order chi connectivity index (χ0) is 16.3. The van der Waals surface area contributed by atoms with E-state index in [1.54, 1.807) is 0 Å². The zero-order valence-electron chi connectivity index (χ0n) is 11.5. The second-order valence-corrected chi connectivity index (χ2v) is 4.92. The molecule has 5 nitrogen and oxygen atoms in total. The lowest BCUT2D eigenvalue weighted by Gasteiger charge is -2.32. The van der Waals surface area contributed by atoms with Gasteiger partial charge in [0.15, 0.2) is 0 Å². The Morgan fingerprint density at radius 1 is 1.36 bits per heavy atom. The number of alkyl halides is 3. The first kappa shape index (κ1) is 16.3. The van der Waals surface area contributed by atoms with Crippen LogP contribution in [0.2, 0.25) is 0 Å². The Labute approximate surface area is 124 Å². The first-order valence-corrected chi connectivity index (χ1v) is 6.57. The highest BCUT2D eigenvalue weighted by molar-refractivity contribution is 5.94. The number of carbonyl (C=O) groups excluding carboxylic acids is 1. The van der Waals surface area contributed by atoms with Crippen molar-refractivity contribution in [1.29, 1.82) is 0 Å². The molecule has 0 bridgehead atoms. The smallest absolute Gasteiger partial charge is 0.416 e. The van der Waals surface area contributed by atoms with Gasteiger partial charge in [-0.25, -0.2) is 0 Å². The molecule has 1 aromatic carbocycles. The summed E-state index contributed by atoms with van der Waals surface area (Å²) >= 11 is 0. The predicted octanol–water partition coefficient (Wildman–Crippen LogP) is 2.02. The minimum Gasteiger partial charge on any atom is -0.481 e. The molecule has 2 rings (SSSR count). The van der Waals surface area contributed by atoms with Crippen molar-refractivity contribution in [3.63, 3.8) is 0 Å². The van der Waals surface area contributed by atoms with Crippen LogP contribution in [0.5, 0.6) is 0 Å². The number of ether oxygens (including phenoxy) is 1. The van der Waals surface area contributed by atoms with Crippen molar-refractivity contribution in [2.45, 2.75) is 18.7 Å². The molecule has 0 radical (unpaired) electrons. The number of benzene rings is 1. The molecule has 120 valence electrons. The summed E-state index contributed by atoms with van der Waals surface area (Å²) in [6.45, 7) is 0.412. The average Bonchev–Trinajstić information content (AvgIpc) is 2.45. The summed E-state index contributed by atoms with van der Waals surface area (Å²) in [4.78, 5) is 24.2. The van der Waals surface area contributed by atoms with E-state index in [0.29, 0.717) is 0 Å². The van der Waals surface area contributed by atoms with E-state index in [9.17, 15) is 22.8 Å². The third-order valence-electron chi connectivity index (χ3n) is 3.27. The number of hydrogen-bond donors (Lipinski definition) is 1. The van der Waals surface area contributed by atoms with E-state index in [1.165, 1.54) is 17.0 Å². The number of halogens is 3. The van der Waals surface area contributed by atoms with Crippen LogP contribution in [-0.2, 0) is 15.7 Å². The van der Waals surface area contributed by atoms with E-state index in [0.717, 1.165) is 12.1 Å². The Bertz CT molecular complexity index is 573. The molecular weight excluding hydrogens is 303 g/mol. The predicted molar refractivity (Wildman–Crippen MR) is 69.3 cm³/mol. The molecule has 0 spiro atoms. The van der Waals surface area contributed by atoms with Gasteiger partial charge in [-0.1, -0.05) is 6.07 Å². The van der Waals surface area contributed by atoms with Gasteiger partial charge in [0.1, 0.15) is 0 Å². The Kier molecular flexibility index (Phi) is 4.70. The van der Waals surface area contributed by atoms with Gasteiger partial charge in [-0.05, 0) is 18.2 Å². The number of nitrogens with zero attached hydrogens (tertiary/aromatic N) is 1. The van der Waals surface area contributed by atoms with Crippen LogP contribution in [0, 0.1) is 0 Å². The standard InChI is InChI=1S/C14H14F3NO4/c15-14(16,17)10-3-1-2-9(6-10)13(21)18-4-5-22-11(8-18)7-12(19)20/h1-3,6,11H,4-5,7-8H2,(H,19,20). The summed E-state index contributed by atoms with van der Waals surface area (Å²) in [6.07, 6.45) is -5.43. The minimum absolute atomic E-state index is 0.0430. The van der Waals surface area contributed by atoms with E-state index in [1.807, 2.05) is 0 Å². The number of carboxylic acids is 1. The maximum Gasteiger partial charge on any atom is 0.416 e. The SMILES string of the molecule is O=C(O)CC1CN(C(=O)c2cccc(C(F)(F)F)c2)CCO1. The fraction of sp³-hybridized carbons (Fsp3) is 0.429. The number of carbonyl (C=O) groups is 2. The molecule has 1 aliphatic heterocycles. The van der Waals surface area contributed by atoms with Crippen LogP contribution in [0.15, 0.2) is 24.3 Å². The second kappa shape index (κ2) is 6.35. The van der Waals surface area contributed by atoms with Crippen LogP contribution in [-0.4, -0.2) is 47.7 Å². The molecule has 1 saturated heterocycles. The third kappa shape index (κ3) is 3.97. The van der Waals surface area contributed by atoms with Crippen LogP contribution < -0.4 is 0 Å². The highest BCUT2D eigenvalue weighted by Gasteiger charge is 2.32. The molecule has 8 heteroatoms. The van der Waals surface area contributed by atoms with Gasteiger partial charge in [-0.15, -0.1) is 0 Å². The van der Waals surface area contributed by atoms with E-state index >= 15 is 0 Å². The molecule has 1 aromatic rings. The van der Waals surface area contributed by atoms with Crippen molar-refractivity contribution >= 4 is 11.9 Å². The highest BCUT2D eigenvalue weighted by Crippen LogP contribution is 2.29. The summed E-state index contributed by atoms with van der Waals surface area (Å²) in [6, 6.07) is 4.16. The molecule has 0 aliphatic carbocycles. The molecule has 1 amide bonds. The van der Waals surface area contributed by atoms with Crippen LogP contribution >= 0.6 is 0 Å². The number of carboxylic acid groups (broad SMARTS) is 1. The lowest BCUT2D eigenvalue weighted by atomic mass is 10.1. The first-order valence-electron chi connectivity index (χ1n) is 6.57. The maximum absolute atomic E-state index is 12.7. The van der Waals surface area contributed by atoms with Gasteiger partial charge in [-0.3, -0.25) is 9.59 Å². The van der Waals surface area contributed by atoms with Gasteiger partial charge in [0.2, 0.25) is 0 Å². The molecule has 1 aliphatic rings. The van der Waals surface area contributed by atoms with Gasteiger partial charge in [-0.2, -0.15) is 13.2 Å². The van der Waals surface area contributed by atoms with Crippen molar-refractivity contribution in [3.8, 4) is 0 Å². The van der Waals surface area contributed by atoms with Crippen LogP contribution in [0.1, 0.15) is 22.3 Å². The Balaban J connectivity index is 2.12. The average molecular weight is 317 g/mol. The van der Waals surface area contributed by atoms with Crippen molar-refractivity contribution in [2.24, 2.45) is 0 Å². The number of hydrogen-bond acceptors (Lipinski definition) is 3. The van der Waals surface area contributed by atoms with Gasteiger partial charge >= 0.3 is 12.1 Å². The van der Waals surface area contributed by atoms with E-state index in [4.69, 9.17) is 9.84 Å². The molecule has 1 N–H and O–H groups in total.